The van der Waals surface area contributed by atoms with E-state index in [-0.39, 0.29) is 17.6 Å². The molecule has 2 aromatic heterocycles. The highest BCUT2D eigenvalue weighted by atomic mass is 31.1. The van der Waals surface area contributed by atoms with Gasteiger partial charge in [0.2, 0.25) is 5.91 Å². The third-order valence-electron chi connectivity index (χ3n) is 6.66. The summed E-state index contributed by atoms with van der Waals surface area (Å²) in [6, 6.07) is 6.75. The molecule has 3 aliphatic rings. The molecule has 5 heterocycles. The number of carbonyl (C=O) groups excluding carboxylic acids is 2. The second kappa shape index (κ2) is 9.02. The van der Waals surface area contributed by atoms with Crippen molar-refractivity contribution in [2.24, 2.45) is 0 Å². The van der Waals surface area contributed by atoms with E-state index in [0.717, 1.165) is 23.2 Å². The maximum absolute atomic E-state index is 15.0. The van der Waals surface area contributed by atoms with Crippen LogP contribution in [0.5, 0.6) is 5.75 Å². The molecular weight excluding hydrogens is 482 g/mol. The van der Waals surface area contributed by atoms with Crippen LogP contribution in [0, 0.1) is 5.82 Å². The third kappa shape index (κ3) is 3.91. The van der Waals surface area contributed by atoms with Crippen LogP contribution >= 0.6 is 8.73 Å². The number of hydrogen-bond acceptors (Lipinski definition) is 6. The molecule has 3 aliphatic heterocycles. The standard InChI is InChI=1S/C25H24FN6O3P/c1-36-32-6-5-30(25(32)34)17-8-16(11-27-12-17)29-23-7-15-14-35-22-10-21(31-4-2-3-24(31)33)20(26)9-18(22)19(15)13-28-23/h7-13,36H,2-6,14H2,1H3,(H,28,29). The number of pyridine rings is 2. The van der Waals surface area contributed by atoms with Crippen LogP contribution in [-0.2, 0) is 11.4 Å². The monoisotopic (exact) mass is 506 g/mol. The summed E-state index contributed by atoms with van der Waals surface area (Å²) in [6.45, 7) is 4.13. The first-order valence-corrected chi connectivity index (χ1v) is 13.2. The molecule has 184 valence electrons. The minimum absolute atomic E-state index is 0.0120. The summed E-state index contributed by atoms with van der Waals surface area (Å²) in [4.78, 5) is 36.7. The van der Waals surface area contributed by atoms with Crippen molar-refractivity contribution in [1.29, 1.82) is 0 Å². The second-order valence-corrected chi connectivity index (χ2v) is 9.82. The van der Waals surface area contributed by atoms with Gasteiger partial charge in [0.1, 0.15) is 24.0 Å². The van der Waals surface area contributed by atoms with Crippen molar-refractivity contribution in [2.45, 2.75) is 19.4 Å². The Morgan fingerprint density at radius 2 is 1.92 bits per heavy atom. The van der Waals surface area contributed by atoms with Crippen LogP contribution in [0.1, 0.15) is 18.4 Å². The number of nitrogens with one attached hydrogen (secondary N) is 1. The number of benzene rings is 1. The Kier molecular flexibility index (Phi) is 5.68. The minimum atomic E-state index is -0.454. The van der Waals surface area contributed by atoms with Crippen molar-refractivity contribution < 1.29 is 18.7 Å². The Hall–Kier alpha value is -3.78. The lowest BCUT2D eigenvalue weighted by atomic mass is 9.98. The smallest absolute Gasteiger partial charge is 0.327 e. The maximum atomic E-state index is 15.0. The number of aromatic nitrogens is 2. The van der Waals surface area contributed by atoms with Crippen LogP contribution < -0.4 is 19.9 Å². The molecule has 2 fully saturated rings. The van der Waals surface area contributed by atoms with Gasteiger partial charge in [-0.15, -0.1) is 0 Å². The SMILES string of the molecule is CPN1CCN(c2cncc(Nc3cc4c(cn3)-c3cc(F)c(N5CCCC5=O)cc3OC4)c2)C1=O. The van der Waals surface area contributed by atoms with Crippen molar-refractivity contribution in [1.82, 2.24) is 14.6 Å². The van der Waals surface area contributed by atoms with Crippen LogP contribution in [0.2, 0.25) is 0 Å². The first kappa shape index (κ1) is 22.7. The van der Waals surface area contributed by atoms with Crippen LogP contribution in [-0.4, -0.2) is 52.9 Å². The number of nitrogens with zero attached hydrogens (tertiary/aromatic N) is 5. The third-order valence-corrected chi connectivity index (χ3v) is 7.62. The quantitative estimate of drug-likeness (QED) is 0.512. The maximum Gasteiger partial charge on any atom is 0.327 e. The molecule has 3 amide bonds. The summed E-state index contributed by atoms with van der Waals surface area (Å²) >= 11 is 0. The minimum Gasteiger partial charge on any atom is -0.488 e. The van der Waals surface area contributed by atoms with Crippen molar-refractivity contribution >= 4 is 43.5 Å². The average Bonchev–Trinajstić information content (AvgIpc) is 3.48. The highest BCUT2D eigenvalue weighted by Crippen LogP contribution is 2.42. The molecule has 11 heteroatoms. The van der Waals surface area contributed by atoms with Gasteiger partial charge in [0.05, 0.1) is 29.5 Å². The van der Waals surface area contributed by atoms with Gasteiger partial charge < -0.3 is 19.6 Å². The Balaban J connectivity index is 1.24. The molecule has 6 rings (SSSR count). The molecule has 0 bridgehead atoms. The summed E-state index contributed by atoms with van der Waals surface area (Å²) in [6.07, 6.45) is 6.20. The molecule has 0 radical (unpaired) electrons. The molecule has 2 saturated heterocycles. The number of urea groups is 1. The molecule has 1 N–H and O–H groups in total. The van der Waals surface area contributed by atoms with Crippen LogP contribution in [0.3, 0.4) is 0 Å². The van der Waals surface area contributed by atoms with E-state index in [1.807, 2.05) is 23.5 Å². The predicted molar refractivity (Wildman–Crippen MR) is 137 cm³/mol. The lowest BCUT2D eigenvalue weighted by molar-refractivity contribution is -0.117. The molecule has 1 aromatic carbocycles. The molecule has 0 aliphatic carbocycles. The van der Waals surface area contributed by atoms with E-state index in [1.165, 1.54) is 11.0 Å². The molecule has 36 heavy (non-hydrogen) atoms. The number of fused-ring (bicyclic) bond motifs is 3. The largest absolute Gasteiger partial charge is 0.488 e. The molecule has 1 unspecified atom stereocenters. The normalized spacial score (nSPS) is 17.1. The second-order valence-electron chi connectivity index (χ2n) is 8.83. The summed E-state index contributed by atoms with van der Waals surface area (Å²) < 4.78 is 22.7. The summed E-state index contributed by atoms with van der Waals surface area (Å²) in [5.74, 6) is 0.598. The van der Waals surface area contributed by atoms with Crippen molar-refractivity contribution in [3.05, 3.63) is 54.2 Å². The first-order chi connectivity index (χ1) is 17.5. The number of rotatable bonds is 5. The van der Waals surface area contributed by atoms with Gasteiger partial charge in [-0.1, -0.05) is 0 Å². The number of anilines is 4. The summed E-state index contributed by atoms with van der Waals surface area (Å²) in [5, 5.41) is 3.25. The van der Waals surface area contributed by atoms with E-state index in [0.29, 0.717) is 64.2 Å². The van der Waals surface area contributed by atoms with Gasteiger partial charge in [-0.3, -0.25) is 14.7 Å². The highest BCUT2D eigenvalue weighted by Gasteiger charge is 2.29. The number of amides is 3. The van der Waals surface area contributed by atoms with Crippen LogP contribution in [0.25, 0.3) is 11.1 Å². The Morgan fingerprint density at radius 1 is 1.03 bits per heavy atom. The van der Waals surface area contributed by atoms with Crippen LogP contribution in [0.4, 0.5) is 32.1 Å². The zero-order chi connectivity index (χ0) is 24.8. The Morgan fingerprint density at radius 3 is 2.69 bits per heavy atom. The van der Waals surface area contributed by atoms with Gasteiger partial charge in [0.25, 0.3) is 0 Å². The fourth-order valence-corrected chi connectivity index (χ4v) is 5.48. The van der Waals surface area contributed by atoms with Crippen LogP contribution in [0.15, 0.2) is 42.9 Å². The summed E-state index contributed by atoms with van der Waals surface area (Å²) in [5.41, 5.74) is 3.95. The van der Waals surface area contributed by atoms with E-state index >= 15 is 0 Å². The van der Waals surface area contributed by atoms with Gasteiger partial charge in [0.15, 0.2) is 0 Å². The molecule has 3 aromatic rings. The topological polar surface area (TPSA) is 90.9 Å². The molecule has 0 saturated carbocycles. The predicted octanol–water partition coefficient (Wildman–Crippen LogP) is 4.51. The molecule has 0 spiro atoms. The number of ether oxygens (including phenoxy) is 1. The van der Waals surface area contributed by atoms with E-state index < -0.39 is 5.82 Å². The van der Waals surface area contributed by atoms with E-state index in [2.05, 4.69) is 15.3 Å². The van der Waals surface area contributed by atoms with Gasteiger partial charge in [0, 0.05) is 55.0 Å². The number of halogens is 1. The van der Waals surface area contributed by atoms with Crippen molar-refractivity contribution in [3.8, 4) is 16.9 Å². The fraction of sp³-hybridized carbons (Fsp3) is 0.280. The number of carbonyl (C=O) groups is 2. The Labute approximate surface area is 209 Å². The van der Waals surface area contributed by atoms with E-state index in [9.17, 15) is 14.0 Å². The van der Waals surface area contributed by atoms with Gasteiger partial charge >= 0.3 is 6.03 Å². The van der Waals surface area contributed by atoms with Crippen molar-refractivity contribution in [2.75, 3.05) is 41.4 Å². The highest BCUT2D eigenvalue weighted by molar-refractivity contribution is 7.35. The molecule has 9 nitrogen and oxygen atoms in total. The fourth-order valence-electron chi connectivity index (χ4n) is 4.84. The molecular formula is C25H24FN6O3P. The Bertz CT molecular complexity index is 1390. The lowest BCUT2D eigenvalue weighted by Gasteiger charge is -2.24. The van der Waals surface area contributed by atoms with Gasteiger partial charge in [-0.2, -0.15) is 0 Å². The number of hydrogen-bond donors (Lipinski definition) is 1. The van der Waals surface area contributed by atoms with Crippen molar-refractivity contribution in [3.63, 3.8) is 0 Å². The van der Waals surface area contributed by atoms with E-state index in [4.69, 9.17) is 4.74 Å². The first-order valence-electron chi connectivity index (χ1n) is 11.8. The average molecular weight is 506 g/mol. The summed E-state index contributed by atoms with van der Waals surface area (Å²) in [7, 11) is 0.429. The molecule has 1 atom stereocenters. The zero-order valence-corrected chi connectivity index (χ0v) is 20.6. The van der Waals surface area contributed by atoms with Gasteiger partial charge in [-0.25, -0.2) is 14.2 Å². The van der Waals surface area contributed by atoms with Gasteiger partial charge in [-0.05, 0) is 40.0 Å². The van der Waals surface area contributed by atoms with E-state index in [1.54, 1.807) is 29.6 Å². The lowest BCUT2D eigenvalue weighted by Crippen LogP contribution is -2.27. The zero-order valence-electron chi connectivity index (χ0n) is 19.6.